The SMILES string of the molecule is CC(C(=O)c1ccc(F)cc1F)N1CCCC1CO. The minimum atomic E-state index is -0.836. The summed E-state index contributed by atoms with van der Waals surface area (Å²) in [6, 6.07) is 2.40. The van der Waals surface area contributed by atoms with Crippen LogP contribution in [0.3, 0.4) is 0 Å². The number of benzene rings is 1. The lowest BCUT2D eigenvalue weighted by molar-refractivity contribution is 0.0754. The molecule has 104 valence electrons. The number of rotatable bonds is 4. The van der Waals surface area contributed by atoms with E-state index in [-0.39, 0.29) is 24.0 Å². The molecule has 3 nitrogen and oxygen atoms in total. The summed E-state index contributed by atoms with van der Waals surface area (Å²) in [5.41, 5.74) is -0.0995. The van der Waals surface area contributed by atoms with Gasteiger partial charge in [-0.3, -0.25) is 9.69 Å². The Morgan fingerprint density at radius 3 is 2.89 bits per heavy atom. The van der Waals surface area contributed by atoms with E-state index in [4.69, 9.17) is 0 Å². The van der Waals surface area contributed by atoms with E-state index in [0.29, 0.717) is 12.6 Å². The molecule has 2 unspecified atom stereocenters. The minimum absolute atomic E-state index is 0.0104. The molecule has 19 heavy (non-hydrogen) atoms. The molecule has 0 radical (unpaired) electrons. The van der Waals surface area contributed by atoms with Crippen LogP contribution in [0, 0.1) is 11.6 Å². The lowest BCUT2D eigenvalue weighted by Crippen LogP contribution is -2.43. The first-order valence-corrected chi connectivity index (χ1v) is 6.40. The van der Waals surface area contributed by atoms with Crippen LogP contribution in [0.1, 0.15) is 30.1 Å². The molecule has 5 heteroatoms. The first-order chi connectivity index (χ1) is 9.04. The number of Topliss-reactive ketones (excluding diaryl/α,β-unsaturated/α-hetero) is 1. The van der Waals surface area contributed by atoms with Gasteiger partial charge in [0.1, 0.15) is 11.6 Å². The quantitative estimate of drug-likeness (QED) is 0.850. The smallest absolute Gasteiger partial charge is 0.182 e. The Morgan fingerprint density at radius 2 is 2.26 bits per heavy atom. The molecule has 0 spiro atoms. The van der Waals surface area contributed by atoms with Gasteiger partial charge in [0.15, 0.2) is 5.78 Å². The zero-order chi connectivity index (χ0) is 14.0. The van der Waals surface area contributed by atoms with E-state index in [0.717, 1.165) is 18.9 Å². The maximum Gasteiger partial charge on any atom is 0.182 e. The van der Waals surface area contributed by atoms with Crippen molar-refractivity contribution in [2.75, 3.05) is 13.2 Å². The summed E-state index contributed by atoms with van der Waals surface area (Å²) in [5, 5.41) is 9.25. The number of hydrogen-bond donors (Lipinski definition) is 1. The molecular formula is C14H17F2NO2. The van der Waals surface area contributed by atoms with Gasteiger partial charge in [0.2, 0.25) is 0 Å². The van der Waals surface area contributed by atoms with Crippen molar-refractivity contribution in [1.82, 2.24) is 4.90 Å². The van der Waals surface area contributed by atoms with Gasteiger partial charge in [-0.05, 0) is 38.4 Å². The topological polar surface area (TPSA) is 40.5 Å². The maximum atomic E-state index is 13.6. The molecule has 0 saturated carbocycles. The third-order valence-corrected chi connectivity index (χ3v) is 3.71. The maximum absolute atomic E-state index is 13.6. The van der Waals surface area contributed by atoms with E-state index < -0.39 is 17.7 Å². The first kappa shape index (κ1) is 14.1. The van der Waals surface area contributed by atoms with E-state index in [1.807, 2.05) is 4.90 Å². The molecule has 1 saturated heterocycles. The van der Waals surface area contributed by atoms with E-state index >= 15 is 0 Å². The second-order valence-corrected chi connectivity index (χ2v) is 4.88. The fourth-order valence-electron chi connectivity index (χ4n) is 2.63. The van der Waals surface area contributed by atoms with Crippen LogP contribution >= 0.6 is 0 Å². The summed E-state index contributed by atoms with van der Waals surface area (Å²) in [7, 11) is 0. The molecule has 1 aromatic rings. The lowest BCUT2D eigenvalue weighted by Gasteiger charge is -2.28. The Bertz CT molecular complexity index is 479. The van der Waals surface area contributed by atoms with Gasteiger partial charge >= 0.3 is 0 Å². The van der Waals surface area contributed by atoms with Crippen LogP contribution in [0.25, 0.3) is 0 Å². The molecule has 1 fully saturated rings. The van der Waals surface area contributed by atoms with Gasteiger partial charge in [-0.1, -0.05) is 0 Å². The highest BCUT2D eigenvalue weighted by Crippen LogP contribution is 2.22. The standard InChI is InChI=1S/C14H17F2NO2/c1-9(17-6-2-3-11(17)8-18)14(19)12-5-4-10(15)7-13(12)16/h4-5,7,9,11,18H,2-3,6,8H2,1H3. The Hall–Kier alpha value is -1.33. The van der Waals surface area contributed by atoms with Crippen molar-refractivity contribution in [2.24, 2.45) is 0 Å². The number of likely N-dealkylation sites (tertiary alicyclic amines) is 1. The molecule has 2 atom stereocenters. The predicted octanol–water partition coefficient (Wildman–Crippen LogP) is 1.99. The molecule has 1 aliphatic rings. The highest BCUT2D eigenvalue weighted by Gasteiger charge is 2.32. The van der Waals surface area contributed by atoms with Crippen molar-refractivity contribution in [3.05, 3.63) is 35.4 Å². The number of nitrogens with zero attached hydrogens (tertiary/aromatic N) is 1. The zero-order valence-electron chi connectivity index (χ0n) is 10.8. The van der Waals surface area contributed by atoms with Crippen molar-refractivity contribution < 1.29 is 18.7 Å². The van der Waals surface area contributed by atoms with Gasteiger partial charge in [-0.2, -0.15) is 0 Å². The Kier molecular flexibility index (Phi) is 4.27. The summed E-state index contributed by atoms with van der Waals surface area (Å²) in [6.07, 6.45) is 1.74. The second-order valence-electron chi connectivity index (χ2n) is 4.88. The van der Waals surface area contributed by atoms with E-state index in [9.17, 15) is 18.7 Å². The van der Waals surface area contributed by atoms with Crippen molar-refractivity contribution in [3.63, 3.8) is 0 Å². The van der Waals surface area contributed by atoms with Gasteiger partial charge in [0, 0.05) is 12.1 Å². The number of carbonyl (C=O) groups is 1. The van der Waals surface area contributed by atoms with Gasteiger partial charge in [0.25, 0.3) is 0 Å². The van der Waals surface area contributed by atoms with Crippen LogP contribution in [0.5, 0.6) is 0 Å². The van der Waals surface area contributed by atoms with Crippen LogP contribution < -0.4 is 0 Å². The molecule has 1 N–H and O–H groups in total. The Labute approximate surface area is 110 Å². The monoisotopic (exact) mass is 269 g/mol. The number of hydrogen-bond acceptors (Lipinski definition) is 3. The van der Waals surface area contributed by atoms with E-state index in [1.54, 1.807) is 6.92 Å². The van der Waals surface area contributed by atoms with Crippen LogP contribution in [0.4, 0.5) is 8.78 Å². The van der Waals surface area contributed by atoms with Crippen molar-refractivity contribution in [1.29, 1.82) is 0 Å². The van der Waals surface area contributed by atoms with Gasteiger partial charge < -0.3 is 5.11 Å². The minimum Gasteiger partial charge on any atom is -0.395 e. The summed E-state index contributed by atoms with van der Waals surface area (Å²) in [5.74, 6) is -1.91. The number of ketones is 1. The number of halogens is 2. The van der Waals surface area contributed by atoms with Crippen LogP contribution in [0.15, 0.2) is 18.2 Å². The molecule has 1 aliphatic heterocycles. The fourth-order valence-corrected chi connectivity index (χ4v) is 2.63. The average molecular weight is 269 g/mol. The van der Waals surface area contributed by atoms with Crippen LogP contribution in [0.2, 0.25) is 0 Å². The number of aliphatic hydroxyl groups excluding tert-OH is 1. The normalized spacial score (nSPS) is 21.6. The first-order valence-electron chi connectivity index (χ1n) is 6.40. The summed E-state index contributed by atoms with van der Waals surface area (Å²) >= 11 is 0. The summed E-state index contributed by atoms with van der Waals surface area (Å²) in [4.78, 5) is 14.1. The third-order valence-electron chi connectivity index (χ3n) is 3.71. The Morgan fingerprint density at radius 1 is 1.53 bits per heavy atom. The predicted molar refractivity (Wildman–Crippen MR) is 67.0 cm³/mol. The highest BCUT2D eigenvalue weighted by molar-refractivity contribution is 6.00. The van der Waals surface area contributed by atoms with Gasteiger partial charge in [-0.25, -0.2) is 8.78 Å². The fraction of sp³-hybridized carbons (Fsp3) is 0.500. The lowest BCUT2D eigenvalue weighted by atomic mass is 10.0. The Balaban J connectivity index is 2.19. The van der Waals surface area contributed by atoms with Gasteiger partial charge in [-0.15, -0.1) is 0 Å². The van der Waals surface area contributed by atoms with E-state index in [2.05, 4.69) is 0 Å². The number of carbonyl (C=O) groups excluding carboxylic acids is 1. The van der Waals surface area contributed by atoms with Crippen LogP contribution in [-0.4, -0.2) is 41.0 Å². The molecule has 0 aliphatic carbocycles. The average Bonchev–Trinajstić information content (AvgIpc) is 2.85. The second kappa shape index (κ2) is 5.75. The molecule has 0 amide bonds. The molecular weight excluding hydrogens is 252 g/mol. The summed E-state index contributed by atoms with van der Waals surface area (Å²) in [6.45, 7) is 2.39. The molecule has 1 heterocycles. The molecule has 2 rings (SSSR count). The number of aliphatic hydroxyl groups is 1. The van der Waals surface area contributed by atoms with Gasteiger partial charge in [0.05, 0.1) is 18.2 Å². The highest BCUT2D eigenvalue weighted by atomic mass is 19.1. The summed E-state index contributed by atoms with van der Waals surface area (Å²) < 4.78 is 26.4. The molecule has 0 aromatic heterocycles. The third kappa shape index (κ3) is 2.82. The van der Waals surface area contributed by atoms with Crippen molar-refractivity contribution in [2.45, 2.75) is 31.8 Å². The van der Waals surface area contributed by atoms with E-state index in [1.165, 1.54) is 6.07 Å². The van der Waals surface area contributed by atoms with Crippen LogP contribution in [-0.2, 0) is 0 Å². The molecule has 0 bridgehead atoms. The zero-order valence-corrected chi connectivity index (χ0v) is 10.8. The largest absolute Gasteiger partial charge is 0.395 e. The van der Waals surface area contributed by atoms with Crippen molar-refractivity contribution in [3.8, 4) is 0 Å². The molecule has 1 aromatic carbocycles. The van der Waals surface area contributed by atoms with Crippen molar-refractivity contribution >= 4 is 5.78 Å².